The smallest absolute Gasteiger partial charge is 0.200 e. The molecule has 0 unspecified atom stereocenters. The van der Waals surface area contributed by atoms with Gasteiger partial charge in [0.1, 0.15) is 5.82 Å². The molecule has 3 heterocycles. The third-order valence-corrected chi connectivity index (χ3v) is 7.27. The Hall–Kier alpha value is -3.38. The van der Waals surface area contributed by atoms with Gasteiger partial charge in [-0.3, -0.25) is 4.90 Å². The summed E-state index contributed by atoms with van der Waals surface area (Å²) in [4.78, 5) is 2.48. The molecule has 1 spiro atoms. The number of benzene rings is 3. The van der Waals surface area contributed by atoms with Gasteiger partial charge in [-0.15, -0.1) is 0 Å². The van der Waals surface area contributed by atoms with Crippen molar-refractivity contribution in [1.29, 1.82) is 0 Å². The van der Waals surface area contributed by atoms with Gasteiger partial charge in [0.25, 0.3) is 0 Å². The number of likely N-dealkylation sites (tertiary alicyclic amines) is 1. The van der Waals surface area contributed by atoms with E-state index >= 15 is 0 Å². The third kappa shape index (κ3) is 3.62. The first-order chi connectivity index (χ1) is 16.6. The minimum atomic E-state index is -0.527. The molecular formula is C28H28FN3O2. The Morgan fingerprint density at radius 2 is 1.76 bits per heavy atom. The lowest BCUT2D eigenvalue weighted by molar-refractivity contribution is -0.151. The summed E-state index contributed by atoms with van der Waals surface area (Å²) >= 11 is 0. The van der Waals surface area contributed by atoms with Crippen molar-refractivity contribution in [2.24, 2.45) is 5.10 Å². The fraction of sp³-hybridized carbons (Fsp3) is 0.321. The molecule has 1 saturated heterocycles. The highest BCUT2D eigenvalue weighted by atomic mass is 19.1. The van der Waals surface area contributed by atoms with Crippen LogP contribution in [-0.2, 0) is 6.54 Å². The molecule has 174 valence electrons. The van der Waals surface area contributed by atoms with Crippen molar-refractivity contribution in [3.05, 3.63) is 95.3 Å². The number of piperidine rings is 1. The maximum absolute atomic E-state index is 13.5. The van der Waals surface area contributed by atoms with Crippen LogP contribution in [0.3, 0.4) is 0 Å². The number of methoxy groups -OCH3 is 1. The van der Waals surface area contributed by atoms with Crippen LogP contribution in [0.2, 0.25) is 0 Å². The van der Waals surface area contributed by atoms with Gasteiger partial charge in [0.05, 0.1) is 18.9 Å². The van der Waals surface area contributed by atoms with E-state index in [2.05, 4.69) is 46.3 Å². The van der Waals surface area contributed by atoms with E-state index in [1.807, 2.05) is 24.3 Å². The average molecular weight is 458 g/mol. The molecule has 0 amide bonds. The van der Waals surface area contributed by atoms with E-state index in [1.54, 1.807) is 7.11 Å². The molecule has 3 aromatic carbocycles. The predicted octanol–water partition coefficient (Wildman–Crippen LogP) is 5.37. The van der Waals surface area contributed by atoms with Crippen molar-refractivity contribution >= 4 is 5.71 Å². The number of hydrogen-bond acceptors (Lipinski definition) is 5. The zero-order valence-corrected chi connectivity index (χ0v) is 19.3. The van der Waals surface area contributed by atoms with Gasteiger partial charge in [-0.25, -0.2) is 9.40 Å². The van der Waals surface area contributed by atoms with Gasteiger partial charge in [-0.2, -0.15) is 5.10 Å². The lowest BCUT2D eigenvalue weighted by atomic mass is 9.90. The minimum Gasteiger partial charge on any atom is -0.493 e. The number of nitrogens with zero attached hydrogens (tertiary/aromatic N) is 3. The highest BCUT2D eigenvalue weighted by molar-refractivity contribution is 6.02. The molecule has 3 aliphatic heterocycles. The summed E-state index contributed by atoms with van der Waals surface area (Å²) in [5.41, 5.74) is 3.82. The minimum absolute atomic E-state index is 0.0691. The number of rotatable bonds is 4. The van der Waals surface area contributed by atoms with E-state index in [0.29, 0.717) is 0 Å². The van der Waals surface area contributed by atoms with Crippen LogP contribution in [0, 0.1) is 5.82 Å². The molecule has 1 fully saturated rings. The van der Waals surface area contributed by atoms with Crippen molar-refractivity contribution in [1.82, 2.24) is 9.91 Å². The van der Waals surface area contributed by atoms with Crippen LogP contribution in [-0.4, -0.2) is 41.5 Å². The van der Waals surface area contributed by atoms with E-state index in [1.165, 1.54) is 17.7 Å². The zero-order chi connectivity index (χ0) is 23.1. The molecule has 0 radical (unpaired) electrons. The van der Waals surface area contributed by atoms with Crippen LogP contribution in [0.25, 0.3) is 0 Å². The van der Waals surface area contributed by atoms with Crippen molar-refractivity contribution in [3.8, 4) is 11.5 Å². The standard InChI is InChI=1S/C28H28FN3O2/c1-33-26-9-5-8-23-25-18-24(21-10-12-22(29)13-11-21)30-32(25)28(34-27(23)26)14-16-31(17-15-28)19-20-6-3-2-4-7-20/h2-13,25H,14-19H2,1H3/t25-/m0/s1. The quantitative estimate of drug-likeness (QED) is 0.528. The van der Waals surface area contributed by atoms with Gasteiger partial charge in [-0.05, 0) is 29.3 Å². The SMILES string of the molecule is COc1cccc2c1OC1(CCN(Cc3ccccc3)CC1)N1N=C(c3ccc(F)cc3)C[C@@H]21. The van der Waals surface area contributed by atoms with Crippen LogP contribution >= 0.6 is 0 Å². The molecule has 1 atom stereocenters. The highest BCUT2D eigenvalue weighted by Crippen LogP contribution is 2.52. The molecule has 6 heteroatoms. The molecule has 3 aromatic rings. The number of fused-ring (bicyclic) bond motifs is 4. The van der Waals surface area contributed by atoms with Gasteiger partial charge in [0.15, 0.2) is 11.5 Å². The summed E-state index contributed by atoms with van der Waals surface area (Å²) in [5.74, 6) is 1.36. The Morgan fingerprint density at radius 3 is 2.50 bits per heavy atom. The van der Waals surface area contributed by atoms with Crippen molar-refractivity contribution in [2.75, 3.05) is 20.2 Å². The second kappa shape index (κ2) is 8.44. The summed E-state index contributed by atoms with van der Waals surface area (Å²) in [6.45, 7) is 2.78. The maximum atomic E-state index is 13.5. The first-order valence-electron chi connectivity index (χ1n) is 11.9. The van der Waals surface area contributed by atoms with Crippen LogP contribution in [0.4, 0.5) is 4.39 Å². The molecule has 0 aromatic heterocycles. The normalized spacial score (nSPS) is 20.9. The lowest BCUT2D eigenvalue weighted by Crippen LogP contribution is -2.59. The van der Waals surface area contributed by atoms with Crippen molar-refractivity contribution in [2.45, 2.75) is 37.6 Å². The number of ether oxygens (including phenoxy) is 2. The van der Waals surface area contributed by atoms with E-state index in [9.17, 15) is 4.39 Å². The van der Waals surface area contributed by atoms with Crippen LogP contribution in [0.15, 0.2) is 77.9 Å². The number of hydrazone groups is 1. The fourth-order valence-corrected chi connectivity index (χ4v) is 5.48. The summed E-state index contributed by atoms with van der Waals surface area (Å²) in [5, 5.41) is 7.28. The second-order valence-corrected chi connectivity index (χ2v) is 9.31. The molecule has 0 saturated carbocycles. The van der Waals surface area contributed by atoms with Crippen LogP contribution in [0.1, 0.15) is 42.0 Å². The molecule has 0 bridgehead atoms. The van der Waals surface area contributed by atoms with E-state index in [0.717, 1.165) is 67.2 Å². The predicted molar refractivity (Wildman–Crippen MR) is 129 cm³/mol. The Bertz CT molecular complexity index is 1200. The Kier molecular flexibility index (Phi) is 5.26. The van der Waals surface area contributed by atoms with E-state index < -0.39 is 5.72 Å². The number of halogens is 1. The summed E-state index contributed by atoms with van der Waals surface area (Å²) in [7, 11) is 1.69. The Labute approximate surface area is 199 Å². The first-order valence-corrected chi connectivity index (χ1v) is 11.9. The Morgan fingerprint density at radius 1 is 1.00 bits per heavy atom. The van der Waals surface area contributed by atoms with Gasteiger partial charge < -0.3 is 9.47 Å². The summed E-state index contributed by atoms with van der Waals surface area (Å²) in [6.07, 6.45) is 2.44. The van der Waals surface area contributed by atoms with E-state index in [-0.39, 0.29) is 11.9 Å². The van der Waals surface area contributed by atoms with Gasteiger partial charge in [0.2, 0.25) is 5.72 Å². The van der Waals surface area contributed by atoms with Gasteiger partial charge >= 0.3 is 0 Å². The van der Waals surface area contributed by atoms with Crippen LogP contribution < -0.4 is 9.47 Å². The van der Waals surface area contributed by atoms with Crippen molar-refractivity contribution < 1.29 is 13.9 Å². The second-order valence-electron chi connectivity index (χ2n) is 9.31. The number of para-hydroxylation sites is 1. The van der Waals surface area contributed by atoms with Gasteiger partial charge in [0, 0.05) is 44.5 Å². The fourth-order valence-electron chi connectivity index (χ4n) is 5.48. The highest BCUT2D eigenvalue weighted by Gasteiger charge is 2.52. The lowest BCUT2D eigenvalue weighted by Gasteiger charge is -2.51. The Balaban J connectivity index is 1.33. The third-order valence-electron chi connectivity index (χ3n) is 7.27. The molecule has 6 rings (SSSR count). The molecule has 34 heavy (non-hydrogen) atoms. The summed E-state index contributed by atoms with van der Waals surface area (Å²) in [6, 6.07) is 23.4. The largest absolute Gasteiger partial charge is 0.493 e. The average Bonchev–Trinajstić information content (AvgIpc) is 3.33. The van der Waals surface area contributed by atoms with E-state index in [4.69, 9.17) is 14.6 Å². The maximum Gasteiger partial charge on any atom is 0.200 e. The molecule has 5 nitrogen and oxygen atoms in total. The molecule has 0 N–H and O–H groups in total. The molecule has 0 aliphatic carbocycles. The molecular weight excluding hydrogens is 429 g/mol. The van der Waals surface area contributed by atoms with Crippen LogP contribution in [0.5, 0.6) is 11.5 Å². The number of hydrogen-bond donors (Lipinski definition) is 0. The zero-order valence-electron chi connectivity index (χ0n) is 19.3. The monoisotopic (exact) mass is 457 g/mol. The first kappa shape index (κ1) is 21.2. The topological polar surface area (TPSA) is 37.3 Å². The molecule has 3 aliphatic rings. The van der Waals surface area contributed by atoms with Gasteiger partial charge in [-0.1, -0.05) is 54.6 Å². The summed E-state index contributed by atoms with van der Waals surface area (Å²) < 4.78 is 26.0. The van der Waals surface area contributed by atoms with Crippen molar-refractivity contribution in [3.63, 3.8) is 0 Å².